The minimum absolute atomic E-state index is 0.0358. The van der Waals surface area contributed by atoms with Crippen LogP contribution in [0.1, 0.15) is 6.23 Å². The average Bonchev–Trinajstić information content (AvgIpc) is 3.02. The van der Waals surface area contributed by atoms with Crippen LogP contribution in [-0.2, 0) is 4.74 Å². The van der Waals surface area contributed by atoms with E-state index in [9.17, 15) is 28.5 Å². The van der Waals surface area contributed by atoms with E-state index in [1.165, 1.54) is 0 Å². The topological polar surface area (TPSA) is 140 Å². The number of alkyl halides is 3. The van der Waals surface area contributed by atoms with Gasteiger partial charge in [0.15, 0.2) is 23.8 Å². The number of hydrogen-bond donors (Lipinski definition) is 4. The molecule has 1 fully saturated rings. The lowest BCUT2D eigenvalue weighted by atomic mass is 10.1. The van der Waals surface area contributed by atoms with Crippen molar-refractivity contribution >= 4 is 17.0 Å². The molecule has 23 heavy (non-hydrogen) atoms. The maximum atomic E-state index is 12.6. The highest BCUT2D eigenvalue weighted by Gasteiger charge is 2.55. The number of hydrogen-bond acceptors (Lipinski definition) is 8. The molecule has 0 bridgehead atoms. The van der Waals surface area contributed by atoms with Crippen LogP contribution in [-0.4, -0.2) is 65.4 Å². The van der Waals surface area contributed by atoms with Crippen molar-refractivity contribution in [1.29, 1.82) is 0 Å². The number of aliphatic hydroxyl groups is 3. The molecular formula is C11H12F3N5O4. The minimum atomic E-state index is -5.01. The van der Waals surface area contributed by atoms with Crippen molar-refractivity contribution in [2.75, 3.05) is 5.73 Å². The number of rotatable bonds is 2. The quantitative estimate of drug-likeness (QED) is 0.545. The zero-order valence-electron chi connectivity index (χ0n) is 11.3. The molecule has 12 heteroatoms. The monoisotopic (exact) mass is 335 g/mol. The fourth-order valence-corrected chi connectivity index (χ4v) is 2.42. The molecule has 3 rings (SSSR count). The number of ether oxygens (including phenoxy) is 1. The Bertz CT molecular complexity index is 723. The van der Waals surface area contributed by atoms with Gasteiger partial charge in [-0.3, -0.25) is 4.57 Å². The molecule has 0 saturated carbocycles. The normalized spacial score (nSPS) is 30.0. The van der Waals surface area contributed by atoms with Gasteiger partial charge in [-0.1, -0.05) is 0 Å². The first kappa shape index (κ1) is 15.9. The van der Waals surface area contributed by atoms with Crippen LogP contribution in [0.5, 0.6) is 0 Å². The summed E-state index contributed by atoms with van der Waals surface area (Å²) in [4.78, 5) is 11.5. The molecule has 5 atom stereocenters. The molecule has 0 aliphatic carbocycles. The van der Waals surface area contributed by atoms with E-state index in [0.29, 0.717) is 0 Å². The maximum absolute atomic E-state index is 12.6. The molecule has 0 unspecified atom stereocenters. The molecular weight excluding hydrogens is 323 g/mol. The van der Waals surface area contributed by atoms with Crippen molar-refractivity contribution in [2.24, 2.45) is 0 Å². The average molecular weight is 335 g/mol. The van der Waals surface area contributed by atoms with Crippen LogP contribution in [0.2, 0.25) is 0 Å². The summed E-state index contributed by atoms with van der Waals surface area (Å²) in [5.41, 5.74) is 5.87. The van der Waals surface area contributed by atoms with Crippen molar-refractivity contribution in [2.45, 2.75) is 36.8 Å². The zero-order chi connectivity index (χ0) is 16.9. The Hall–Kier alpha value is -2.02. The summed E-state index contributed by atoms with van der Waals surface area (Å²) in [6.07, 6.45) is -12.9. The number of nitrogens with zero attached hydrogens (tertiary/aromatic N) is 4. The van der Waals surface area contributed by atoms with Gasteiger partial charge in [0.05, 0.1) is 6.33 Å². The number of imidazole rings is 1. The molecule has 3 heterocycles. The number of nitrogen functional groups attached to an aromatic ring is 1. The van der Waals surface area contributed by atoms with E-state index in [1.807, 2.05) is 0 Å². The third kappa shape index (κ3) is 2.49. The molecule has 0 aromatic carbocycles. The molecule has 1 aliphatic heterocycles. The number of aromatic nitrogens is 4. The Morgan fingerprint density at radius 2 is 1.91 bits per heavy atom. The summed E-state index contributed by atoms with van der Waals surface area (Å²) < 4.78 is 43.9. The zero-order valence-corrected chi connectivity index (χ0v) is 11.3. The lowest BCUT2D eigenvalue weighted by Gasteiger charge is -2.22. The first-order valence-corrected chi connectivity index (χ1v) is 6.41. The van der Waals surface area contributed by atoms with Crippen LogP contribution in [0.25, 0.3) is 11.2 Å². The summed E-state index contributed by atoms with van der Waals surface area (Å²) in [5.74, 6) is 0.0358. The minimum Gasteiger partial charge on any atom is -0.387 e. The van der Waals surface area contributed by atoms with Gasteiger partial charge in [0.1, 0.15) is 30.2 Å². The molecule has 0 spiro atoms. The number of aliphatic hydroxyl groups excluding tert-OH is 3. The Morgan fingerprint density at radius 1 is 1.22 bits per heavy atom. The summed E-state index contributed by atoms with van der Waals surface area (Å²) in [5, 5.41) is 29.0. The largest absolute Gasteiger partial charge is 0.417 e. The van der Waals surface area contributed by atoms with E-state index >= 15 is 0 Å². The highest BCUT2D eigenvalue weighted by Crippen LogP contribution is 2.37. The van der Waals surface area contributed by atoms with Gasteiger partial charge in [0.2, 0.25) is 0 Å². The van der Waals surface area contributed by atoms with E-state index in [1.54, 1.807) is 0 Å². The highest BCUT2D eigenvalue weighted by atomic mass is 19.4. The number of halogens is 3. The van der Waals surface area contributed by atoms with E-state index in [0.717, 1.165) is 17.2 Å². The molecule has 126 valence electrons. The molecule has 2 aromatic rings. The van der Waals surface area contributed by atoms with Crippen LogP contribution in [0.15, 0.2) is 12.7 Å². The van der Waals surface area contributed by atoms with Crippen molar-refractivity contribution < 1.29 is 33.2 Å². The van der Waals surface area contributed by atoms with Crippen molar-refractivity contribution in [3.8, 4) is 0 Å². The maximum Gasteiger partial charge on any atom is 0.417 e. The molecule has 0 amide bonds. The molecule has 0 radical (unpaired) electrons. The molecule has 2 aromatic heterocycles. The second-order valence-corrected chi connectivity index (χ2v) is 5.04. The fourth-order valence-electron chi connectivity index (χ4n) is 2.42. The van der Waals surface area contributed by atoms with Gasteiger partial charge in [-0.25, -0.2) is 15.0 Å². The van der Waals surface area contributed by atoms with Gasteiger partial charge >= 0.3 is 6.18 Å². The van der Waals surface area contributed by atoms with Gasteiger partial charge in [-0.2, -0.15) is 13.2 Å². The van der Waals surface area contributed by atoms with Crippen LogP contribution < -0.4 is 5.73 Å². The lowest BCUT2D eigenvalue weighted by Crippen LogP contribution is -2.46. The number of nitrogens with two attached hydrogens (primary N) is 1. The molecule has 5 N–H and O–H groups in total. The smallest absolute Gasteiger partial charge is 0.387 e. The van der Waals surface area contributed by atoms with Gasteiger partial charge in [-0.05, 0) is 0 Å². The second-order valence-electron chi connectivity index (χ2n) is 5.04. The van der Waals surface area contributed by atoms with Gasteiger partial charge < -0.3 is 25.8 Å². The summed E-state index contributed by atoms with van der Waals surface area (Å²) >= 11 is 0. The standard InChI is InChI=1S/C11H12F3N5O4/c12-11(13,14)7(22)6-4(20)5(21)10(23-6)19-2-18-3-8(15)16-1-17-9(3)19/h1-2,4-7,10,20-22H,(H2,15,16,17)/t4-,5+,6-,7+,10+/m0/s1. The Labute approximate surface area is 126 Å². The van der Waals surface area contributed by atoms with Crippen LogP contribution in [0.3, 0.4) is 0 Å². The first-order chi connectivity index (χ1) is 10.7. The van der Waals surface area contributed by atoms with E-state index < -0.39 is 36.8 Å². The van der Waals surface area contributed by atoms with E-state index in [-0.39, 0.29) is 17.0 Å². The fraction of sp³-hybridized carbons (Fsp3) is 0.545. The van der Waals surface area contributed by atoms with Gasteiger partial charge in [0.25, 0.3) is 0 Å². The van der Waals surface area contributed by atoms with Crippen molar-refractivity contribution in [3.63, 3.8) is 0 Å². The SMILES string of the molecule is Nc1ncnc2c1ncn2[C@@H]1O[C@H]([C@@H](O)C(F)(F)F)[C@@H](O)[C@H]1O. The lowest BCUT2D eigenvalue weighted by molar-refractivity contribution is -0.244. The summed E-state index contributed by atoms with van der Waals surface area (Å²) in [6, 6.07) is 0. The Balaban J connectivity index is 1.96. The van der Waals surface area contributed by atoms with Crippen LogP contribution in [0, 0.1) is 0 Å². The number of fused-ring (bicyclic) bond motifs is 1. The van der Waals surface area contributed by atoms with Crippen LogP contribution in [0.4, 0.5) is 19.0 Å². The van der Waals surface area contributed by atoms with E-state index in [4.69, 9.17) is 10.5 Å². The molecule has 9 nitrogen and oxygen atoms in total. The molecule has 1 saturated heterocycles. The number of anilines is 1. The van der Waals surface area contributed by atoms with Gasteiger partial charge in [0, 0.05) is 0 Å². The summed E-state index contributed by atoms with van der Waals surface area (Å²) in [7, 11) is 0. The highest BCUT2D eigenvalue weighted by molar-refractivity contribution is 5.81. The van der Waals surface area contributed by atoms with Crippen LogP contribution >= 0.6 is 0 Å². The Kier molecular flexibility index (Phi) is 3.63. The van der Waals surface area contributed by atoms with Crippen molar-refractivity contribution in [1.82, 2.24) is 19.5 Å². The van der Waals surface area contributed by atoms with Crippen molar-refractivity contribution in [3.05, 3.63) is 12.7 Å². The molecule has 1 aliphatic rings. The second kappa shape index (κ2) is 5.26. The third-order valence-electron chi connectivity index (χ3n) is 3.58. The summed E-state index contributed by atoms with van der Waals surface area (Å²) in [6.45, 7) is 0. The van der Waals surface area contributed by atoms with Gasteiger partial charge in [-0.15, -0.1) is 0 Å². The first-order valence-electron chi connectivity index (χ1n) is 6.41. The van der Waals surface area contributed by atoms with E-state index in [2.05, 4.69) is 15.0 Å². The predicted molar refractivity (Wildman–Crippen MR) is 67.7 cm³/mol. The Morgan fingerprint density at radius 3 is 2.57 bits per heavy atom. The third-order valence-corrected chi connectivity index (χ3v) is 3.58. The predicted octanol–water partition coefficient (Wildman–Crippen LogP) is -1.05.